The lowest BCUT2D eigenvalue weighted by Gasteiger charge is -2.24. The topological polar surface area (TPSA) is 74.7 Å². The van der Waals surface area contributed by atoms with Crippen molar-refractivity contribution in [3.05, 3.63) is 53.7 Å². The minimum absolute atomic E-state index is 0.0934. The number of pyridine rings is 1. The first-order chi connectivity index (χ1) is 12.7. The fourth-order valence-corrected chi connectivity index (χ4v) is 3.24. The molecule has 0 saturated carbocycles. The van der Waals surface area contributed by atoms with Crippen molar-refractivity contribution in [2.75, 3.05) is 31.7 Å². The zero-order chi connectivity index (χ0) is 18.4. The molecule has 2 heterocycles. The molecule has 1 saturated heterocycles. The van der Waals surface area contributed by atoms with E-state index >= 15 is 0 Å². The zero-order valence-electron chi connectivity index (χ0n) is 15.0. The van der Waals surface area contributed by atoms with Crippen molar-refractivity contribution in [2.45, 2.75) is 25.3 Å². The van der Waals surface area contributed by atoms with Gasteiger partial charge in [-0.1, -0.05) is 18.2 Å². The number of carbonyl (C=O) groups is 1. The minimum atomic E-state index is -0.180. The van der Waals surface area contributed by atoms with Gasteiger partial charge in [0.1, 0.15) is 17.3 Å². The number of nitrogens with one attached hydrogen (secondary N) is 1. The first kappa shape index (κ1) is 18.2. The highest BCUT2D eigenvalue weighted by Crippen LogP contribution is 2.23. The molecular formula is C20H25N3O3. The molecule has 2 N–H and O–H groups in total. The Hall–Kier alpha value is -2.60. The number of benzene rings is 1. The SMILES string of the molecule is COc1ccc(CCNC(=O)c2cccc(N3CCCC3CO)n2)cc1. The van der Waals surface area contributed by atoms with Crippen LogP contribution in [0.4, 0.5) is 5.82 Å². The Morgan fingerprint density at radius 1 is 1.31 bits per heavy atom. The van der Waals surface area contributed by atoms with Crippen molar-refractivity contribution in [2.24, 2.45) is 0 Å². The summed E-state index contributed by atoms with van der Waals surface area (Å²) in [5.41, 5.74) is 1.54. The van der Waals surface area contributed by atoms with E-state index in [1.54, 1.807) is 13.2 Å². The largest absolute Gasteiger partial charge is 0.497 e. The van der Waals surface area contributed by atoms with Gasteiger partial charge >= 0.3 is 0 Å². The highest BCUT2D eigenvalue weighted by atomic mass is 16.5. The zero-order valence-corrected chi connectivity index (χ0v) is 15.0. The number of rotatable bonds is 7. The van der Waals surface area contributed by atoms with Gasteiger partial charge in [-0.05, 0) is 49.1 Å². The van der Waals surface area contributed by atoms with E-state index in [0.717, 1.165) is 42.9 Å². The van der Waals surface area contributed by atoms with E-state index in [4.69, 9.17) is 4.74 Å². The maximum Gasteiger partial charge on any atom is 0.269 e. The van der Waals surface area contributed by atoms with Crippen LogP contribution in [0.15, 0.2) is 42.5 Å². The van der Waals surface area contributed by atoms with Gasteiger partial charge in [-0.2, -0.15) is 0 Å². The van der Waals surface area contributed by atoms with Crippen molar-refractivity contribution >= 4 is 11.7 Å². The number of aliphatic hydroxyl groups is 1. The van der Waals surface area contributed by atoms with Crippen LogP contribution in [0.5, 0.6) is 5.75 Å². The lowest BCUT2D eigenvalue weighted by molar-refractivity contribution is 0.0949. The molecule has 138 valence electrons. The third kappa shape index (κ3) is 4.32. The van der Waals surface area contributed by atoms with Gasteiger partial charge in [0.25, 0.3) is 5.91 Å². The Morgan fingerprint density at radius 3 is 2.85 bits per heavy atom. The monoisotopic (exact) mass is 355 g/mol. The average Bonchev–Trinajstić information content (AvgIpc) is 3.17. The number of anilines is 1. The Labute approximate surface area is 153 Å². The van der Waals surface area contributed by atoms with Crippen LogP contribution >= 0.6 is 0 Å². The van der Waals surface area contributed by atoms with E-state index in [1.807, 2.05) is 36.4 Å². The number of aliphatic hydroxyl groups excluding tert-OH is 1. The maximum atomic E-state index is 12.4. The average molecular weight is 355 g/mol. The van der Waals surface area contributed by atoms with Crippen LogP contribution in [0.3, 0.4) is 0 Å². The fourth-order valence-electron chi connectivity index (χ4n) is 3.24. The lowest BCUT2D eigenvalue weighted by Crippen LogP contribution is -2.33. The number of hydrogen-bond acceptors (Lipinski definition) is 5. The Balaban J connectivity index is 1.56. The van der Waals surface area contributed by atoms with Crippen LogP contribution in [-0.2, 0) is 6.42 Å². The standard InChI is InChI=1S/C20H25N3O3/c1-26-17-9-7-15(8-10-17)11-12-21-20(25)18-5-2-6-19(22-18)23-13-3-4-16(23)14-24/h2,5-10,16,24H,3-4,11-14H2,1H3,(H,21,25). The number of carbonyl (C=O) groups excluding carboxylic acids is 1. The minimum Gasteiger partial charge on any atom is -0.497 e. The van der Waals surface area contributed by atoms with Gasteiger partial charge in [0.2, 0.25) is 0 Å². The first-order valence-corrected chi connectivity index (χ1v) is 8.97. The van der Waals surface area contributed by atoms with Gasteiger partial charge in [0, 0.05) is 13.1 Å². The number of nitrogens with zero attached hydrogens (tertiary/aromatic N) is 2. The van der Waals surface area contributed by atoms with Gasteiger partial charge in [-0.25, -0.2) is 4.98 Å². The van der Waals surface area contributed by atoms with E-state index in [1.165, 1.54) is 0 Å². The Bertz CT molecular complexity index is 733. The molecule has 6 nitrogen and oxygen atoms in total. The van der Waals surface area contributed by atoms with Crippen molar-refractivity contribution < 1.29 is 14.6 Å². The molecule has 2 aromatic rings. The molecule has 1 aliphatic rings. The summed E-state index contributed by atoms with van der Waals surface area (Å²) in [6.07, 6.45) is 2.73. The molecule has 1 atom stereocenters. The number of aromatic nitrogens is 1. The summed E-state index contributed by atoms with van der Waals surface area (Å²) in [5.74, 6) is 1.39. The smallest absolute Gasteiger partial charge is 0.269 e. The third-order valence-electron chi connectivity index (χ3n) is 4.71. The predicted molar refractivity (Wildman–Crippen MR) is 101 cm³/mol. The number of amides is 1. The number of hydrogen-bond donors (Lipinski definition) is 2. The predicted octanol–water partition coefficient (Wildman–Crippen LogP) is 2.02. The summed E-state index contributed by atoms with van der Waals surface area (Å²) >= 11 is 0. The quantitative estimate of drug-likeness (QED) is 0.795. The summed E-state index contributed by atoms with van der Waals surface area (Å²) in [6, 6.07) is 13.4. The highest BCUT2D eigenvalue weighted by molar-refractivity contribution is 5.92. The lowest BCUT2D eigenvalue weighted by atomic mass is 10.1. The van der Waals surface area contributed by atoms with Crippen LogP contribution in [-0.4, -0.2) is 48.8 Å². The van der Waals surface area contributed by atoms with Crippen molar-refractivity contribution in [3.63, 3.8) is 0 Å². The van der Waals surface area contributed by atoms with E-state index in [9.17, 15) is 9.90 Å². The molecule has 0 aliphatic carbocycles. The summed E-state index contributed by atoms with van der Waals surface area (Å²) < 4.78 is 5.14. The van der Waals surface area contributed by atoms with Crippen LogP contribution in [0.25, 0.3) is 0 Å². The van der Waals surface area contributed by atoms with Crippen LogP contribution in [0, 0.1) is 0 Å². The Morgan fingerprint density at radius 2 is 2.12 bits per heavy atom. The van der Waals surface area contributed by atoms with Gasteiger partial charge in [0.05, 0.1) is 19.8 Å². The molecule has 26 heavy (non-hydrogen) atoms. The Kier molecular flexibility index (Phi) is 6.07. The van der Waals surface area contributed by atoms with Crippen molar-refractivity contribution in [3.8, 4) is 5.75 Å². The van der Waals surface area contributed by atoms with E-state index < -0.39 is 0 Å². The second kappa shape index (κ2) is 8.67. The van der Waals surface area contributed by atoms with Crippen LogP contribution in [0.1, 0.15) is 28.9 Å². The molecule has 1 aliphatic heterocycles. The molecule has 1 amide bonds. The van der Waals surface area contributed by atoms with Crippen molar-refractivity contribution in [1.29, 1.82) is 0 Å². The second-order valence-electron chi connectivity index (χ2n) is 6.41. The van der Waals surface area contributed by atoms with Crippen LogP contribution < -0.4 is 15.0 Å². The molecule has 6 heteroatoms. The molecule has 0 radical (unpaired) electrons. The normalized spacial score (nSPS) is 16.5. The summed E-state index contributed by atoms with van der Waals surface area (Å²) in [7, 11) is 1.64. The third-order valence-corrected chi connectivity index (χ3v) is 4.71. The second-order valence-corrected chi connectivity index (χ2v) is 6.41. The molecule has 1 aromatic heterocycles. The van der Waals surface area contributed by atoms with Gasteiger partial charge in [0.15, 0.2) is 0 Å². The summed E-state index contributed by atoms with van der Waals surface area (Å²) in [5, 5.41) is 12.4. The highest BCUT2D eigenvalue weighted by Gasteiger charge is 2.25. The van der Waals surface area contributed by atoms with Gasteiger partial charge < -0.3 is 20.1 Å². The molecule has 1 fully saturated rings. The van der Waals surface area contributed by atoms with Gasteiger partial charge in [-0.15, -0.1) is 0 Å². The fraction of sp³-hybridized carbons (Fsp3) is 0.400. The molecule has 1 unspecified atom stereocenters. The first-order valence-electron chi connectivity index (χ1n) is 8.97. The number of ether oxygens (including phenoxy) is 1. The van der Waals surface area contributed by atoms with Crippen molar-refractivity contribution in [1.82, 2.24) is 10.3 Å². The summed E-state index contributed by atoms with van der Waals surface area (Å²) in [6.45, 7) is 1.51. The maximum absolute atomic E-state index is 12.4. The number of methoxy groups -OCH3 is 1. The molecule has 0 spiro atoms. The molecule has 0 bridgehead atoms. The van der Waals surface area contributed by atoms with Gasteiger partial charge in [-0.3, -0.25) is 4.79 Å². The molecule has 1 aromatic carbocycles. The molecule has 3 rings (SSSR count). The van der Waals surface area contributed by atoms with Crippen LogP contribution in [0.2, 0.25) is 0 Å². The summed E-state index contributed by atoms with van der Waals surface area (Å²) in [4.78, 5) is 19.0. The molecular weight excluding hydrogens is 330 g/mol. The van der Waals surface area contributed by atoms with E-state index in [2.05, 4.69) is 15.2 Å². The van der Waals surface area contributed by atoms with E-state index in [0.29, 0.717) is 12.2 Å². The van der Waals surface area contributed by atoms with E-state index in [-0.39, 0.29) is 18.6 Å².